The molecule has 0 spiro atoms. The Morgan fingerprint density at radius 2 is 2.22 bits per heavy atom. The number of aromatic nitrogens is 3. The summed E-state index contributed by atoms with van der Waals surface area (Å²) in [6, 6.07) is 3.64. The molecule has 0 atom stereocenters. The molecule has 6 heteroatoms. The summed E-state index contributed by atoms with van der Waals surface area (Å²) in [5.74, 6) is 0.503. The zero-order valence-electron chi connectivity index (χ0n) is 9.92. The predicted octanol–water partition coefficient (Wildman–Crippen LogP) is 1.43. The van der Waals surface area contributed by atoms with E-state index in [1.807, 2.05) is 19.2 Å². The number of anilines is 1. The van der Waals surface area contributed by atoms with Crippen LogP contribution in [0.25, 0.3) is 0 Å². The highest BCUT2D eigenvalue weighted by atomic mass is 32.1. The Balaban J connectivity index is 2.09. The number of pyridine rings is 1. The Morgan fingerprint density at radius 3 is 2.94 bits per heavy atom. The monoisotopic (exact) mass is 259 g/mol. The molecule has 0 aliphatic rings. The zero-order chi connectivity index (χ0) is 13.0. The molecule has 2 heterocycles. The van der Waals surface area contributed by atoms with Crippen LogP contribution < -0.4 is 11.1 Å². The zero-order valence-corrected chi connectivity index (χ0v) is 10.7. The molecule has 2 aromatic heterocycles. The van der Waals surface area contributed by atoms with Crippen molar-refractivity contribution in [2.75, 3.05) is 5.32 Å². The smallest absolute Gasteiger partial charge is 0.223 e. The maximum absolute atomic E-state index is 5.52. The van der Waals surface area contributed by atoms with Gasteiger partial charge in [-0.2, -0.15) is 0 Å². The van der Waals surface area contributed by atoms with Crippen molar-refractivity contribution in [3.05, 3.63) is 47.5 Å². The standard InChI is InChI=1S/C12H13N5S/c1-8-2-4-14-6-9(8)7-16-12-15-5-3-10(17-12)11(13)18/h2-6H,7H2,1H3,(H2,13,18)(H,15,16,17). The van der Waals surface area contributed by atoms with Crippen molar-refractivity contribution < 1.29 is 0 Å². The lowest BCUT2D eigenvalue weighted by atomic mass is 10.2. The van der Waals surface area contributed by atoms with Crippen molar-refractivity contribution in [2.45, 2.75) is 13.5 Å². The van der Waals surface area contributed by atoms with Crippen LogP contribution >= 0.6 is 12.2 Å². The maximum atomic E-state index is 5.52. The van der Waals surface area contributed by atoms with Crippen molar-refractivity contribution in [1.82, 2.24) is 15.0 Å². The highest BCUT2D eigenvalue weighted by molar-refractivity contribution is 7.80. The van der Waals surface area contributed by atoms with Gasteiger partial charge in [-0.3, -0.25) is 4.98 Å². The van der Waals surface area contributed by atoms with Gasteiger partial charge in [-0.1, -0.05) is 12.2 Å². The summed E-state index contributed by atoms with van der Waals surface area (Å²) in [4.78, 5) is 12.7. The lowest BCUT2D eigenvalue weighted by molar-refractivity contribution is 1.02. The minimum atomic E-state index is 0.262. The van der Waals surface area contributed by atoms with Gasteiger partial charge in [0.1, 0.15) is 10.7 Å². The van der Waals surface area contributed by atoms with Crippen LogP contribution in [0.2, 0.25) is 0 Å². The van der Waals surface area contributed by atoms with Crippen molar-refractivity contribution in [1.29, 1.82) is 0 Å². The molecule has 92 valence electrons. The first kappa shape index (κ1) is 12.4. The Morgan fingerprint density at radius 1 is 1.39 bits per heavy atom. The number of rotatable bonds is 4. The van der Waals surface area contributed by atoms with E-state index in [1.54, 1.807) is 18.5 Å². The molecule has 5 nitrogen and oxygen atoms in total. The Kier molecular flexibility index (Phi) is 3.78. The molecule has 0 aliphatic heterocycles. The fraction of sp³-hybridized carbons (Fsp3) is 0.167. The number of hydrogen-bond donors (Lipinski definition) is 2. The number of hydrogen-bond acceptors (Lipinski definition) is 5. The quantitative estimate of drug-likeness (QED) is 0.809. The molecule has 0 aromatic carbocycles. The highest BCUT2D eigenvalue weighted by Crippen LogP contribution is 2.07. The second kappa shape index (κ2) is 5.50. The summed E-state index contributed by atoms with van der Waals surface area (Å²) < 4.78 is 0. The summed E-state index contributed by atoms with van der Waals surface area (Å²) in [5, 5.41) is 3.12. The summed E-state index contributed by atoms with van der Waals surface area (Å²) in [7, 11) is 0. The first-order valence-corrected chi connectivity index (χ1v) is 5.84. The summed E-state index contributed by atoms with van der Waals surface area (Å²) in [5.41, 5.74) is 8.35. The maximum Gasteiger partial charge on any atom is 0.223 e. The summed E-state index contributed by atoms with van der Waals surface area (Å²) in [6.07, 6.45) is 5.21. The van der Waals surface area contributed by atoms with Crippen LogP contribution in [0.1, 0.15) is 16.8 Å². The number of thiocarbonyl (C=S) groups is 1. The van der Waals surface area contributed by atoms with Gasteiger partial charge >= 0.3 is 0 Å². The molecule has 18 heavy (non-hydrogen) atoms. The predicted molar refractivity (Wildman–Crippen MR) is 74.2 cm³/mol. The first-order valence-electron chi connectivity index (χ1n) is 5.43. The van der Waals surface area contributed by atoms with Gasteiger partial charge in [0.25, 0.3) is 0 Å². The van der Waals surface area contributed by atoms with Crippen LogP contribution in [0.5, 0.6) is 0 Å². The molecule has 0 fully saturated rings. The van der Waals surface area contributed by atoms with E-state index in [9.17, 15) is 0 Å². The highest BCUT2D eigenvalue weighted by Gasteiger charge is 2.02. The lowest BCUT2D eigenvalue weighted by Gasteiger charge is -2.07. The lowest BCUT2D eigenvalue weighted by Crippen LogP contribution is -2.13. The first-order chi connectivity index (χ1) is 8.66. The Bertz CT molecular complexity index is 570. The van der Waals surface area contributed by atoms with Crippen LogP contribution in [0.15, 0.2) is 30.7 Å². The SMILES string of the molecule is Cc1ccncc1CNc1nccc(C(N)=S)n1. The van der Waals surface area contributed by atoms with E-state index in [-0.39, 0.29) is 4.99 Å². The topological polar surface area (TPSA) is 76.7 Å². The summed E-state index contributed by atoms with van der Waals surface area (Å²) in [6.45, 7) is 2.64. The molecule has 0 unspecified atom stereocenters. The van der Waals surface area contributed by atoms with Crippen molar-refractivity contribution in [2.24, 2.45) is 5.73 Å². The molecule has 0 aliphatic carbocycles. The van der Waals surface area contributed by atoms with E-state index in [1.165, 1.54) is 5.56 Å². The average molecular weight is 259 g/mol. The normalized spacial score (nSPS) is 10.1. The van der Waals surface area contributed by atoms with Crippen LogP contribution in [-0.4, -0.2) is 19.9 Å². The van der Waals surface area contributed by atoms with Gasteiger partial charge in [-0.05, 0) is 30.2 Å². The number of nitrogens with zero attached hydrogens (tertiary/aromatic N) is 3. The van der Waals surface area contributed by atoms with Gasteiger partial charge in [0, 0.05) is 25.1 Å². The van der Waals surface area contributed by atoms with Crippen molar-refractivity contribution >= 4 is 23.2 Å². The molecular formula is C12H13N5S. The number of aryl methyl sites for hydroxylation is 1. The van der Waals surface area contributed by atoms with Gasteiger partial charge in [0.2, 0.25) is 5.95 Å². The van der Waals surface area contributed by atoms with E-state index in [2.05, 4.69) is 20.3 Å². The van der Waals surface area contributed by atoms with Crippen LogP contribution in [0, 0.1) is 6.92 Å². The molecule has 0 bridgehead atoms. The fourth-order valence-corrected chi connectivity index (χ4v) is 1.55. The minimum Gasteiger partial charge on any atom is -0.388 e. The van der Waals surface area contributed by atoms with Crippen LogP contribution in [-0.2, 0) is 6.54 Å². The summed E-state index contributed by atoms with van der Waals surface area (Å²) >= 11 is 4.87. The van der Waals surface area contributed by atoms with Crippen molar-refractivity contribution in [3.63, 3.8) is 0 Å². The third-order valence-electron chi connectivity index (χ3n) is 2.49. The number of nitrogens with two attached hydrogens (primary N) is 1. The molecule has 0 saturated carbocycles. The number of nitrogens with one attached hydrogen (secondary N) is 1. The second-order valence-electron chi connectivity index (χ2n) is 3.79. The minimum absolute atomic E-state index is 0.262. The molecule has 2 aromatic rings. The van der Waals surface area contributed by atoms with E-state index in [4.69, 9.17) is 18.0 Å². The van der Waals surface area contributed by atoms with Crippen LogP contribution in [0.4, 0.5) is 5.95 Å². The van der Waals surface area contributed by atoms with Gasteiger partial charge in [0.05, 0.1) is 0 Å². The molecular weight excluding hydrogens is 246 g/mol. The van der Waals surface area contributed by atoms with Crippen LogP contribution in [0.3, 0.4) is 0 Å². The largest absolute Gasteiger partial charge is 0.388 e. The average Bonchev–Trinajstić information content (AvgIpc) is 2.38. The molecule has 0 saturated heterocycles. The van der Waals surface area contributed by atoms with Gasteiger partial charge in [0.15, 0.2) is 0 Å². The van der Waals surface area contributed by atoms with Crippen molar-refractivity contribution in [3.8, 4) is 0 Å². The van der Waals surface area contributed by atoms with Gasteiger partial charge in [-0.25, -0.2) is 9.97 Å². The third kappa shape index (κ3) is 2.98. The second-order valence-corrected chi connectivity index (χ2v) is 4.23. The van der Waals surface area contributed by atoms with E-state index in [0.29, 0.717) is 18.2 Å². The van der Waals surface area contributed by atoms with Gasteiger partial charge in [-0.15, -0.1) is 0 Å². The molecule has 3 N–H and O–H groups in total. The Labute approximate surface area is 110 Å². The molecule has 0 amide bonds. The van der Waals surface area contributed by atoms with E-state index in [0.717, 1.165) is 5.56 Å². The molecule has 2 rings (SSSR count). The Hall–Kier alpha value is -2.08. The van der Waals surface area contributed by atoms with E-state index >= 15 is 0 Å². The molecule has 0 radical (unpaired) electrons. The van der Waals surface area contributed by atoms with Gasteiger partial charge < -0.3 is 11.1 Å². The fourth-order valence-electron chi connectivity index (χ4n) is 1.44. The third-order valence-corrected chi connectivity index (χ3v) is 2.70. The van der Waals surface area contributed by atoms with E-state index < -0.39 is 0 Å².